The largest absolute Gasteiger partial charge is 0.493 e. The molecule has 0 fully saturated rings. The van der Waals surface area contributed by atoms with Gasteiger partial charge in [-0.1, -0.05) is 23.4 Å². The highest BCUT2D eigenvalue weighted by molar-refractivity contribution is 5.40. The van der Waals surface area contributed by atoms with E-state index in [9.17, 15) is 0 Å². The predicted molar refractivity (Wildman–Crippen MR) is 60.6 cm³/mol. The maximum absolute atomic E-state index is 5.59. The lowest BCUT2D eigenvalue weighted by Crippen LogP contribution is -2.15. The Morgan fingerprint density at radius 1 is 1.35 bits per heavy atom. The summed E-state index contributed by atoms with van der Waals surface area (Å²) in [7, 11) is 0. The second-order valence-corrected chi connectivity index (χ2v) is 3.98. The van der Waals surface area contributed by atoms with Gasteiger partial charge in [0.25, 0.3) is 0 Å². The summed E-state index contributed by atoms with van der Waals surface area (Å²) < 4.78 is 10.8. The molecule has 0 spiro atoms. The SMILES string of the molecule is NCc1noc(C2CCOc3ccccc32)n1. The Balaban J connectivity index is 1.99. The van der Waals surface area contributed by atoms with E-state index in [1.165, 1.54) is 0 Å². The van der Waals surface area contributed by atoms with Crippen molar-refractivity contribution in [3.05, 3.63) is 41.5 Å². The van der Waals surface area contributed by atoms with Crippen LogP contribution in [-0.2, 0) is 6.54 Å². The van der Waals surface area contributed by atoms with Crippen molar-refractivity contribution in [2.75, 3.05) is 6.61 Å². The van der Waals surface area contributed by atoms with Gasteiger partial charge < -0.3 is 15.0 Å². The molecule has 0 amide bonds. The van der Waals surface area contributed by atoms with Gasteiger partial charge >= 0.3 is 0 Å². The smallest absolute Gasteiger partial charge is 0.234 e. The Hall–Kier alpha value is -1.88. The first-order valence-electron chi connectivity index (χ1n) is 5.63. The Labute approximate surface area is 98.6 Å². The van der Waals surface area contributed by atoms with Crippen molar-refractivity contribution in [2.24, 2.45) is 5.73 Å². The highest BCUT2D eigenvalue weighted by atomic mass is 16.5. The Bertz CT molecular complexity index is 524. The van der Waals surface area contributed by atoms with Crippen molar-refractivity contribution in [2.45, 2.75) is 18.9 Å². The molecule has 2 N–H and O–H groups in total. The molecule has 1 atom stereocenters. The average molecular weight is 231 g/mol. The second kappa shape index (κ2) is 4.18. The molecule has 1 unspecified atom stereocenters. The van der Waals surface area contributed by atoms with Gasteiger partial charge in [-0.05, 0) is 12.5 Å². The van der Waals surface area contributed by atoms with Crippen LogP contribution < -0.4 is 10.5 Å². The molecule has 1 aromatic heterocycles. The van der Waals surface area contributed by atoms with Crippen LogP contribution in [0.25, 0.3) is 0 Å². The van der Waals surface area contributed by atoms with Crippen molar-refractivity contribution in [3.8, 4) is 5.75 Å². The van der Waals surface area contributed by atoms with Crippen LogP contribution in [0.3, 0.4) is 0 Å². The van der Waals surface area contributed by atoms with E-state index in [0.717, 1.165) is 17.7 Å². The molecule has 2 aromatic rings. The molecular formula is C12H13N3O2. The lowest BCUT2D eigenvalue weighted by atomic mass is 9.93. The Morgan fingerprint density at radius 3 is 3.06 bits per heavy atom. The lowest BCUT2D eigenvalue weighted by Gasteiger charge is -2.22. The molecule has 1 aliphatic rings. The van der Waals surface area contributed by atoms with E-state index in [1.807, 2.05) is 24.3 Å². The number of rotatable bonds is 2. The lowest BCUT2D eigenvalue weighted by molar-refractivity contribution is 0.256. The normalized spacial score (nSPS) is 18.5. The summed E-state index contributed by atoms with van der Waals surface area (Å²) >= 11 is 0. The van der Waals surface area contributed by atoms with Gasteiger partial charge in [0.1, 0.15) is 5.75 Å². The zero-order chi connectivity index (χ0) is 11.7. The van der Waals surface area contributed by atoms with Crippen LogP contribution in [0.1, 0.15) is 29.6 Å². The quantitative estimate of drug-likeness (QED) is 0.846. The number of hydrogen-bond donors (Lipinski definition) is 1. The van der Waals surface area contributed by atoms with Crippen molar-refractivity contribution in [1.82, 2.24) is 10.1 Å². The van der Waals surface area contributed by atoms with Crippen molar-refractivity contribution >= 4 is 0 Å². The van der Waals surface area contributed by atoms with Crippen LogP contribution in [0.15, 0.2) is 28.8 Å². The molecular weight excluding hydrogens is 218 g/mol. The molecule has 0 aliphatic carbocycles. The Morgan fingerprint density at radius 2 is 2.24 bits per heavy atom. The first-order valence-corrected chi connectivity index (χ1v) is 5.63. The number of para-hydroxylation sites is 1. The molecule has 2 heterocycles. The topological polar surface area (TPSA) is 74.2 Å². The number of nitrogens with two attached hydrogens (primary N) is 1. The van der Waals surface area contributed by atoms with E-state index < -0.39 is 0 Å². The van der Waals surface area contributed by atoms with Crippen LogP contribution in [-0.4, -0.2) is 16.7 Å². The summed E-state index contributed by atoms with van der Waals surface area (Å²) in [5, 5.41) is 3.83. The maximum Gasteiger partial charge on any atom is 0.234 e. The first-order chi connectivity index (χ1) is 8.38. The molecule has 1 aromatic carbocycles. The van der Waals surface area contributed by atoms with Crippen molar-refractivity contribution in [1.29, 1.82) is 0 Å². The Kier molecular flexibility index (Phi) is 2.53. The standard InChI is InChI=1S/C12H13N3O2/c13-7-11-14-12(17-15-11)9-5-6-16-10-4-2-1-3-8(9)10/h1-4,9H,5-7,13H2. The van der Waals surface area contributed by atoms with Gasteiger partial charge in [0, 0.05) is 5.56 Å². The summed E-state index contributed by atoms with van der Waals surface area (Å²) in [6, 6.07) is 7.94. The summed E-state index contributed by atoms with van der Waals surface area (Å²) in [6.07, 6.45) is 0.850. The van der Waals surface area contributed by atoms with Crippen LogP contribution in [0.5, 0.6) is 5.75 Å². The van der Waals surface area contributed by atoms with Gasteiger partial charge in [0.2, 0.25) is 5.89 Å². The summed E-state index contributed by atoms with van der Waals surface area (Å²) in [5.74, 6) is 2.19. The highest BCUT2D eigenvalue weighted by Crippen LogP contribution is 2.36. The van der Waals surface area contributed by atoms with Gasteiger partial charge in [-0.15, -0.1) is 0 Å². The van der Waals surface area contributed by atoms with Crippen LogP contribution in [0.4, 0.5) is 0 Å². The molecule has 1 aliphatic heterocycles. The van der Waals surface area contributed by atoms with Crippen LogP contribution in [0, 0.1) is 0 Å². The van der Waals surface area contributed by atoms with Gasteiger partial charge in [0.15, 0.2) is 5.82 Å². The molecule has 5 nitrogen and oxygen atoms in total. The summed E-state index contributed by atoms with van der Waals surface area (Å²) in [6.45, 7) is 0.969. The minimum absolute atomic E-state index is 0.118. The fraction of sp³-hybridized carbons (Fsp3) is 0.333. The van der Waals surface area contributed by atoms with Gasteiger partial charge in [-0.2, -0.15) is 4.98 Å². The zero-order valence-electron chi connectivity index (χ0n) is 9.30. The molecule has 0 radical (unpaired) electrons. The molecule has 0 saturated carbocycles. The van der Waals surface area contributed by atoms with Crippen LogP contribution >= 0.6 is 0 Å². The average Bonchev–Trinajstić information content (AvgIpc) is 2.87. The highest BCUT2D eigenvalue weighted by Gasteiger charge is 2.27. The van der Waals surface area contributed by atoms with E-state index in [2.05, 4.69) is 10.1 Å². The fourth-order valence-electron chi connectivity index (χ4n) is 2.09. The van der Waals surface area contributed by atoms with Crippen LogP contribution in [0.2, 0.25) is 0 Å². The van der Waals surface area contributed by atoms with E-state index in [0.29, 0.717) is 24.9 Å². The van der Waals surface area contributed by atoms with E-state index in [4.69, 9.17) is 15.0 Å². The first kappa shape index (κ1) is 10.3. The zero-order valence-corrected chi connectivity index (χ0v) is 9.30. The minimum atomic E-state index is 0.118. The summed E-state index contributed by atoms with van der Waals surface area (Å²) in [5.41, 5.74) is 6.58. The number of nitrogens with zero attached hydrogens (tertiary/aromatic N) is 2. The summed E-state index contributed by atoms with van der Waals surface area (Å²) in [4.78, 5) is 4.29. The second-order valence-electron chi connectivity index (χ2n) is 3.98. The number of benzene rings is 1. The van der Waals surface area contributed by atoms with Gasteiger partial charge in [-0.25, -0.2) is 0 Å². The van der Waals surface area contributed by atoms with Crippen molar-refractivity contribution in [3.63, 3.8) is 0 Å². The third-order valence-electron chi connectivity index (χ3n) is 2.92. The predicted octanol–water partition coefficient (Wildman–Crippen LogP) is 1.44. The number of fused-ring (bicyclic) bond motifs is 1. The van der Waals surface area contributed by atoms with E-state index in [-0.39, 0.29) is 5.92 Å². The third-order valence-corrected chi connectivity index (χ3v) is 2.92. The molecule has 5 heteroatoms. The maximum atomic E-state index is 5.59. The van der Waals surface area contributed by atoms with E-state index >= 15 is 0 Å². The molecule has 17 heavy (non-hydrogen) atoms. The molecule has 0 saturated heterocycles. The fourth-order valence-corrected chi connectivity index (χ4v) is 2.09. The molecule has 0 bridgehead atoms. The number of aromatic nitrogens is 2. The minimum Gasteiger partial charge on any atom is -0.493 e. The number of ether oxygens (including phenoxy) is 1. The van der Waals surface area contributed by atoms with Gasteiger partial charge in [0.05, 0.1) is 19.1 Å². The number of hydrogen-bond acceptors (Lipinski definition) is 5. The molecule has 3 rings (SSSR count). The van der Waals surface area contributed by atoms with Gasteiger partial charge in [-0.3, -0.25) is 0 Å². The monoisotopic (exact) mass is 231 g/mol. The van der Waals surface area contributed by atoms with Crippen molar-refractivity contribution < 1.29 is 9.26 Å². The third kappa shape index (κ3) is 1.78. The van der Waals surface area contributed by atoms with E-state index in [1.54, 1.807) is 0 Å². The molecule has 88 valence electrons.